The van der Waals surface area contributed by atoms with E-state index in [9.17, 15) is 4.79 Å². The van der Waals surface area contributed by atoms with Crippen molar-refractivity contribution in [3.63, 3.8) is 0 Å². The number of carbonyl (C=O) groups is 1. The van der Waals surface area contributed by atoms with E-state index < -0.39 is 5.97 Å². The van der Waals surface area contributed by atoms with E-state index in [-0.39, 0.29) is 6.42 Å². The molecule has 70 valence electrons. The molecule has 0 radical (unpaired) electrons. The number of thioether (sulfide) groups is 1. The number of carboxylic acid groups (broad SMARTS) is 1. The summed E-state index contributed by atoms with van der Waals surface area (Å²) in [6, 6.07) is 0. The zero-order valence-electron chi connectivity index (χ0n) is 7.23. The fourth-order valence-electron chi connectivity index (χ4n) is 0.685. The molecule has 0 unspecified atom stereocenters. The molecule has 0 aromatic carbocycles. The van der Waals surface area contributed by atoms with Gasteiger partial charge in [0.1, 0.15) is 0 Å². The standard InChI is InChI=1S/C8H10N2O2S/c1-6-4-9-8(10-5-6)13-3-2-7(11)12/h4-5H,2-3H2,1H3,(H,11,12). The van der Waals surface area contributed by atoms with Crippen molar-refractivity contribution < 1.29 is 9.90 Å². The Labute approximate surface area is 80.4 Å². The van der Waals surface area contributed by atoms with Gasteiger partial charge < -0.3 is 5.11 Å². The molecule has 0 bridgehead atoms. The van der Waals surface area contributed by atoms with E-state index in [0.717, 1.165) is 5.56 Å². The second kappa shape index (κ2) is 4.81. The van der Waals surface area contributed by atoms with E-state index in [0.29, 0.717) is 10.9 Å². The molecule has 1 rings (SSSR count). The summed E-state index contributed by atoms with van der Waals surface area (Å²) in [6.07, 6.45) is 3.58. The van der Waals surface area contributed by atoms with Crippen LogP contribution in [-0.4, -0.2) is 26.8 Å². The molecule has 0 spiro atoms. The lowest BCUT2D eigenvalue weighted by atomic mass is 10.4. The Kier molecular flexibility index (Phi) is 3.70. The van der Waals surface area contributed by atoms with E-state index in [4.69, 9.17) is 5.11 Å². The number of aliphatic carboxylic acids is 1. The van der Waals surface area contributed by atoms with Crippen molar-refractivity contribution >= 4 is 17.7 Å². The molecule has 0 amide bonds. The first-order valence-electron chi connectivity index (χ1n) is 3.82. The number of hydrogen-bond acceptors (Lipinski definition) is 4. The molecule has 0 aliphatic rings. The van der Waals surface area contributed by atoms with Crippen molar-refractivity contribution in [2.75, 3.05) is 5.75 Å². The molecule has 0 aliphatic carbocycles. The van der Waals surface area contributed by atoms with Crippen LogP contribution < -0.4 is 0 Å². The maximum atomic E-state index is 10.2. The average Bonchev–Trinajstić information content (AvgIpc) is 2.08. The second-order valence-electron chi connectivity index (χ2n) is 2.54. The van der Waals surface area contributed by atoms with Crippen molar-refractivity contribution in [1.29, 1.82) is 0 Å². The van der Waals surface area contributed by atoms with Crippen LogP contribution in [0.15, 0.2) is 17.6 Å². The Morgan fingerprint density at radius 2 is 2.15 bits per heavy atom. The van der Waals surface area contributed by atoms with Crippen molar-refractivity contribution in [2.45, 2.75) is 18.5 Å². The van der Waals surface area contributed by atoms with E-state index >= 15 is 0 Å². The minimum Gasteiger partial charge on any atom is -0.481 e. The summed E-state index contributed by atoms with van der Waals surface area (Å²) in [5, 5.41) is 9.01. The first kappa shape index (κ1) is 9.98. The third kappa shape index (κ3) is 3.89. The molecule has 5 heteroatoms. The van der Waals surface area contributed by atoms with Crippen molar-refractivity contribution in [2.24, 2.45) is 0 Å². The third-order valence-corrected chi connectivity index (χ3v) is 2.18. The normalized spacial score (nSPS) is 9.92. The predicted molar refractivity (Wildman–Crippen MR) is 49.7 cm³/mol. The Balaban J connectivity index is 2.37. The Bertz CT molecular complexity index is 287. The Morgan fingerprint density at radius 1 is 1.54 bits per heavy atom. The van der Waals surface area contributed by atoms with Crippen LogP contribution in [0.4, 0.5) is 0 Å². The van der Waals surface area contributed by atoms with Gasteiger partial charge in [0, 0.05) is 18.1 Å². The maximum Gasteiger partial charge on any atom is 0.304 e. The van der Waals surface area contributed by atoms with Gasteiger partial charge in [-0.05, 0) is 12.5 Å². The highest BCUT2D eigenvalue weighted by Gasteiger charge is 2.00. The highest BCUT2D eigenvalue weighted by molar-refractivity contribution is 7.99. The summed E-state index contributed by atoms with van der Waals surface area (Å²) in [6.45, 7) is 1.91. The fraction of sp³-hybridized carbons (Fsp3) is 0.375. The molecule has 4 nitrogen and oxygen atoms in total. The van der Waals surface area contributed by atoms with Gasteiger partial charge in [-0.2, -0.15) is 0 Å². The Morgan fingerprint density at radius 3 is 2.69 bits per heavy atom. The van der Waals surface area contributed by atoms with Gasteiger partial charge in [-0.15, -0.1) is 0 Å². The fourth-order valence-corrected chi connectivity index (χ4v) is 1.40. The van der Waals surface area contributed by atoms with Crippen LogP contribution in [0.5, 0.6) is 0 Å². The van der Waals surface area contributed by atoms with E-state index in [1.54, 1.807) is 12.4 Å². The van der Waals surface area contributed by atoms with Crippen molar-refractivity contribution in [1.82, 2.24) is 9.97 Å². The molecule has 1 N–H and O–H groups in total. The number of carboxylic acids is 1. The molecule has 0 saturated carbocycles. The van der Waals surface area contributed by atoms with Gasteiger partial charge in [-0.25, -0.2) is 9.97 Å². The zero-order valence-corrected chi connectivity index (χ0v) is 8.04. The quantitative estimate of drug-likeness (QED) is 0.584. The molecule has 0 aliphatic heterocycles. The van der Waals surface area contributed by atoms with Crippen LogP contribution in [0.1, 0.15) is 12.0 Å². The minimum atomic E-state index is -0.792. The summed E-state index contributed by atoms with van der Waals surface area (Å²) in [7, 11) is 0. The number of hydrogen-bond donors (Lipinski definition) is 1. The van der Waals surface area contributed by atoms with Crippen LogP contribution in [0.3, 0.4) is 0 Å². The summed E-state index contributed by atoms with van der Waals surface area (Å²) in [5.41, 5.74) is 1.00. The van der Waals surface area contributed by atoms with E-state index in [1.807, 2.05) is 6.92 Å². The van der Waals surface area contributed by atoms with Crippen molar-refractivity contribution in [3.8, 4) is 0 Å². The molecule has 0 atom stereocenters. The zero-order chi connectivity index (χ0) is 9.68. The monoisotopic (exact) mass is 198 g/mol. The number of aromatic nitrogens is 2. The Hall–Kier alpha value is -1.10. The summed E-state index contributed by atoms with van der Waals surface area (Å²) in [5.74, 6) is -0.280. The van der Waals surface area contributed by atoms with Crippen molar-refractivity contribution in [3.05, 3.63) is 18.0 Å². The van der Waals surface area contributed by atoms with Gasteiger partial charge in [0.2, 0.25) is 0 Å². The number of rotatable bonds is 4. The van der Waals surface area contributed by atoms with Crippen LogP contribution in [0.25, 0.3) is 0 Å². The first-order chi connectivity index (χ1) is 6.18. The SMILES string of the molecule is Cc1cnc(SCCC(=O)O)nc1. The van der Waals surface area contributed by atoms with E-state index in [1.165, 1.54) is 11.8 Å². The van der Waals surface area contributed by atoms with Gasteiger partial charge in [-0.3, -0.25) is 4.79 Å². The highest BCUT2D eigenvalue weighted by atomic mass is 32.2. The third-order valence-electron chi connectivity index (χ3n) is 1.30. The molecule has 1 aromatic rings. The number of nitrogens with zero attached hydrogens (tertiary/aromatic N) is 2. The smallest absolute Gasteiger partial charge is 0.304 e. The lowest BCUT2D eigenvalue weighted by molar-refractivity contribution is -0.136. The minimum absolute atomic E-state index is 0.141. The summed E-state index contributed by atoms with van der Waals surface area (Å²) in [4.78, 5) is 18.3. The predicted octanol–water partition coefficient (Wildman–Crippen LogP) is 1.35. The number of aryl methyl sites for hydroxylation is 1. The lowest BCUT2D eigenvalue weighted by Crippen LogP contribution is -1.96. The highest BCUT2D eigenvalue weighted by Crippen LogP contribution is 2.12. The summed E-state index contributed by atoms with van der Waals surface area (Å²) < 4.78 is 0. The molecule has 1 heterocycles. The van der Waals surface area contributed by atoms with Crippen LogP contribution >= 0.6 is 11.8 Å². The topological polar surface area (TPSA) is 63.1 Å². The van der Waals surface area contributed by atoms with Gasteiger partial charge in [0.05, 0.1) is 6.42 Å². The van der Waals surface area contributed by atoms with E-state index in [2.05, 4.69) is 9.97 Å². The summed E-state index contributed by atoms with van der Waals surface area (Å²) >= 11 is 1.35. The largest absolute Gasteiger partial charge is 0.481 e. The molecule has 13 heavy (non-hydrogen) atoms. The molecular formula is C8H10N2O2S. The first-order valence-corrected chi connectivity index (χ1v) is 4.80. The molecule has 1 aromatic heterocycles. The van der Waals surface area contributed by atoms with Gasteiger partial charge in [0.15, 0.2) is 5.16 Å². The van der Waals surface area contributed by atoms with Gasteiger partial charge in [-0.1, -0.05) is 11.8 Å². The second-order valence-corrected chi connectivity index (χ2v) is 3.60. The van der Waals surface area contributed by atoms with Crippen LogP contribution in [-0.2, 0) is 4.79 Å². The molecule has 0 fully saturated rings. The maximum absolute atomic E-state index is 10.2. The molecule has 0 saturated heterocycles. The van der Waals surface area contributed by atoms with Gasteiger partial charge in [0.25, 0.3) is 0 Å². The average molecular weight is 198 g/mol. The van der Waals surface area contributed by atoms with Crippen LogP contribution in [0.2, 0.25) is 0 Å². The molecular weight excluding hydrogens is 188 g/mol. The lowest BCUT2D eigenvalue weighted by Gasteiger charge is -1.97. The van der Waals surface area contributed by atoms with Gasteiger partial charge >= 0.3 is 5.97 Å². The van der Waals surface area contributed by atoms with Crippen LogP contribution in [0, 0.1) is 6.92 Å².